The maximum atomic E-state index is 12.3. The number of nitrogens with zero attached hydrogens (tertiary/aromatic N) is 1. The third-order valence-corrected chi connectivity index (χ3v) is 5.97. The van der Waals surface area contributed by atoms with E-state index in [1.165, 1.54) is 28.4 Å². The first kappa shape index (κ1) is 16.8. The molecule has 0 radical (unpaired) electrons. The number of hydrogen-bond donors (Lipinski definition) is 1. The van der Waals surface area contributed by atoms with Gasteiger partial charge in [0.2, 0.25) is 5.91 Å². The third kappa shape index (κ3) is 4.00. The summed E-state index contributed by atoms with van der Waals surface area (Å²) < 4.78 is 0. The first-order valence-electron chi connectivity index (χ1n) is 6.13. The second-order valence-corrected chi connectivity index (χ2v) is 7.66. The number of hydrogen-bond acceptors (Lipinski definition) is 4. The van der Waals surface area contributed by atoms with E-state index in [0.717, 1.165) is 0 Å². The molecule has 8 heteroatoms. The first-order valence-corrected chi connectivity index (χ1v) is 8.92. The molecule has 1 fully saturated rings. The lowest BCUT2D eigenvalue weighted by Crippen LogP contribution is -2.45. The van der Waals surface area contributed by atoms with Crippen molar-refractivity contribution in [2.45, 2.75) is 23.2 Å². The van der Waals surface area contributed by atoms with Gasteiger partial charge >= 0.3 is 5.97 Å². The number of carbonyl (C=O) groups is 2. The molecular weight excluding hydrogens is 353 g/mol. The summed E-state index contributed by atoms with van der Waals surface area (Å²) >= 11 is 14.7. The first-order chi connectivity index (χ1) is 9.90. The summed E-state index contributed by atoms with van der Waals surface area (Å²) in [6.07, 6.45) is 0. The molecule has 1 heterocycles. The van der Waals surface area contributed by atoms with Gasteiger partial charge in [-0.15, -0.1) is 23.5 Å². The van der Waals surface area contributed by atoms with Crippen LogP contribution in [0.3, 0.4) is 0 Å². The molecule has 2 rings (SSSR count). The number of carbonyl (C=O) groups excluding carboxylic acids is 1. The fourth-order valence-corrected chi connectivity index (χ4v) is 4.56. The van der Waals surface area contributed by atoms with Crippen molar-refractivity contribution >= 4 is 58.6 Å². The van der Waals surface area contributed by atoms with E-state index in [9.17, 15) is 9.59 Å². The highest BCUT2D eigenvalue weighted by Gasteiger charge is 2.39. The third-order valence-electron chi connectivity index (χ3n) is 3.04. The van der Waals surface area contributed by atoms with Crippen LogP contribution in [0.5, 0.6) is 0 Å². The average molecular weight is 366 g/mol. The molecule has 4 nitrogen and oxygen atoms in total. The van der Waals surface area contributed by atoms with E-state index in [0.29, 0.717) is 20.7 Å². The maximum Gasteiger partial charge on any atom is 0.327 e. The van der Waals surface area contributed by atoms with E-state index in [-0.39, 0.29) is 17.0 Å². The van der Waals surface area contributed by atoms with Gasteiger partial charge in [-0.3, -0.25) is 4.79 Å². The van der Waals surface area contributed by atoms with E-state index >= 15 is 0 Å². The minimum absolute atomic E-state index is 0.131. The van der Waals surface area contributed by atoms with E-state index in [2.05, 4.69) is 0 Å². The highest BCUT2D eigenvalue weighted by molar-refractivity contribution is 8.00. The molecule has 1 aromatic rings. The fourth-order valence-electron chi connectivity index (χ4n) is 2.01. The zero-order chi connectivity index (χ0) is 15.6. The van der Waals surface area contributed by atoms with Gasteiger partial charge in [0.15, 0.2) is 0 Å². The molecule has 1 aliphatic rings. The Balaban J connectivity index is 2.04. The number of carboxylic acids is 1. The SMILES string of the molecule is CC1SCC(C(=O)O)N1C(=O)CSc1cc(Cl)ccc1Cl. The van der Waals surface area contributed by atoms with Crippen molar-refractivity contribution in [2.24, 2.45) is 0 Å². The van der Waals surface area contributed by atoms with Gasteiger partial charge in [0.25, 0.3) is 0 Å². The Morgan fingerprint density at radius 3 is 2.86 bits per heavy atom. The highest BCUT2D eigenvalue weighted by atomic mass is 35.5. The number of rotatable bonds is 4. The van der Waals surface area contributed by atoms with Crippen molar-refractivity contribution in [3.8, 4) is 0 Å². The zero-order valence-electron chi connectivity index (χ0n) is 11.1. The molecule has 1 aromatic carbocycles. The summed E-state index contributed by atoms with van der Waals surface area (Å²) in [5, 5.41) is 10.1. The Hall–Kier alpha value is -0.560. The topological polar surface area (TPSA) is 57.6 Å². The minimum Gasteiger partial charge on any atom is -0.480 e. The summed E-state index contributed by atoms with van der Waals surface area (Å²) in [6, 6.07) is 4.28. The predicted molar refractivity (Wildman–Crippen MR) is 87.4 cm³/mol. The standard InChI is InChI=1S/C13H13Cl2NO3S2/c1-7-16(10(5-20-7)13(18)19)12(17)6-21-11-4-8(14)2-3-9(11)15/h2-4,7,10H,5-6H2,1H3,(H,18,19). The van der Waals surface area contributed by atoms with Gasteiger partial charge in [-0.25, -0.2) is 4.79 Å². The molecule has 0 saturated carbocycles. The lowest BCUT2D eigenvalue weighted by molar-refractivity contribution is -0.147. The molecule has 0 spiro atoms. The van der Waals surface area contributed by atoms with Gasteiger partial charge in [0.1, 0.15) is 6.04 Å². The van der Waals surface area contributed by atoms with Gasteiger partial charge in [-0.05, 0) is 25.1 Å². The second kappa shape index (κ2) is 7.13. The van der Waals surface area contributed by atoms with Crippen molar-refractivity contribution in [2.75, 3.05) is 11.5 Å². The molecule has 2 atom stereocenters. The van der Waals surface area contributed by atoms with Crippen molar-refractivity contribution in [3.05, 3.63) is 28.2 Å². The van der Waals surface area contributed by atoms with Crippen LogP contribution in [0.4, 0.5) is 0 Å². The number of aliphatic carboxylic acids is 1. The smallest absolute Gasteiger partial charge is 0.327 e. The lowest BCUT2D eigenvalue weighted by atomic mass is 10.3. The molecule has 114 valence electrons. The lowest BCUT2D eigenvalue weighted by Gasteiger charge is -2.24. The summed E-state index contributed by atoms with van der Waals surface area (Å²) in [5.41, 5.74) is 0. The molecule has 1 saturated heterocycles. The quantitative estimate of drug-likeness (QED) is 0.827. The molecule has 0 bridgehead atoms. The van der Waals surface area contributed by atoms with Crippen LogP contribution in [0.15, 0.2) is 23.1 Å². The Morgan fingerprint density at radius 1 is 1.48 bits per heavy atom. The van der Waals surface area contributed by atoms with Gasteiger partial charge in [-0.2, -0.15) is 0 Å². The molecule has 1 amide bonds. The second-order valence-electron chi connectivity index (χ2n) is 4.45. The normalized spacial score (nSPS) is 21.6. The molecule has 0 aromatic heterocycles. The highest BCUT2D eigenvalue weighted by Crippen LogP contribution is 2.33. The number of halogens is 2. The van der Waals surface area contributed by atoms with Gasteiger partial charge < -0.3 is 10.0 Å². The van der Waals surface area contributed by atoms with Crippen molar-refractivity contribution in [1.82, 2.24) is 4.90 Å². The van der Waals surface area contributed by atoms with E-state index < -0.39 is 12.0 Å². The van der Waals surface area contributed by atoms with Crippen LogP contribution in [-0.4, -0.2) is 44.8 Å². The Labute approximate surface area is 141 Å². The van der Waals surface area contributed by atoms with Crippen molar-refractivity contribution < 1.29 is 14.7 Å². The largest absolute Gasteiger partial charge is 0.480 e. The Bertz CT molecular complexity index is 570. The summed E-state index contributed by atoms with van der Waals surface area (Å²) in [6.45, 7) is 1.84. The van der Waals surface area contributed by atoms with Gasteiger partial charge in [0, 0.05) is 15.7 Å². The average Bonchev–Trinajstić information content (AvgIpc) is 2.81. The Kier molecular flexibility index (Phi) is 5.71. The summed E-state index contributed by atoms with van der Waals surface area (Å²) in [7, 11) is 0. The Morgan fingerprint density at radius 2 is 2.19 bits per heavy atom. The molecular formula is C13H13Cl2NO3S2. The maximum absolute atomic E-state index is 12.3. The van der Waals surface area contributed by atoms with E-state index in [1.807, 2.05) is 6.92 Å². The van der Waals surface area contributed by atoms with Crippen molar-refractivity contribution in [3.63, 3.8) is 0 Å². The monoisotopic (exact) mass is 365 g/mol. The van der Waals surface area contributed by atoms with Gasteiger partial charge in [0.05, 0.1) is 16.1 Å². The van der Waals surface area contributed by atoms with Crippen LogP contribution in [0, 0.1) is 0 Å². The molecule has 0 aliphatic carbocycles. The van der Waals surface area contributed by atoms with Crippen LogP contribution in [0.1, 0.15) is 6.92 Å². The number of thioether (sulfide) groups is 2. The fraction of sp³-hybridized carbons (Fsp3) is 0.385. The van der Waals surface area contributed by atoms with Gasteiger partial charge in [-0.1, -0.05) is 23.2 Å². The summed E-state index contributed by atoms with van der Waals surface area (Å²) in [5.74, 6) is -0.619. The van der Waals surface area contributed by atoms with Crippen LogP contribution < -0.4 is 0 Å². The molecule has 2 unspecified atom stereocenters. The molecule has 1 aliphatic heterocycles. The minimum atomic E-state index is -0.967. The van der Waals surface area contributed by atoms with E-state index in [1.54, 1.807) is 18.2 Å². The van der Waals surface area contributed by atoms with Crippen LogP contribution >= 0.6 is 46.7 Å². The van der Waals surface area contributed by atoms with E-state index in [4.69, 9.17) is 28.3 Å². The number of carboxylic acid groups (broad SMARTS) is 1. The van der Waals surface area contributed by atoms with Crippen molar-refractivity contribution in [1.29, 1.82) is 0 Å². The van der Waals surface area contributed by atoms with Crippen LogP contribution in [0.2, 0.25) is 10.0 Å². The number of benzene rings is 1. The zero-order valence-corrected chi connectivity index (χ0v) is 14.2. The summed E-state index contributed by atoms with van der Waals surface area (Å²) in [4.78, 5) is 25.6. The van der Waals surface area contributed by atoms with Crippen LogP contribution in [-0.2, 0) is 9.59 Å². The van der Waals surface area contributed by atoms with Crippen LogP contribution in [0.25, 0.3) is 0 Å². The predicted octanol–water partition coefficient (Wildman–Crippen LogP) is 3.46. The number of amides is 1. The molecule has 1 N–H and O–H groups in total. The molecule has 21 heavy (non-hydrogen) atoms.